The van der Waals surface area contributed by atoms with Gasteiger partial charge < -0.3 is 29.6 Å². The van der Waals surface area contributed by atoms with Crippen molar-refractivity contribution in [1.82, 2.24) is 9.47 Å². The summed E-state index contributed by atoms with van der Waals surface area (Å²) in [5.74, 6) is -1.25. The summed E-state index contributed by atoms with van der Waals surface area (Å²) < 4.78 is 11.9. The van der Waals surface area contributed by atoms with E-state index in [2.05, 4.69) is 16.8 Å². The van der Waals surface area contributed by atoms with Crippen LogP contribution in [0.3, 0.4) is 0 Å². The number of likely N-dealkylation sites (N-methyl/N-ethyl adjacent to an activating group) is 1. The Kier molecular flexibility index (Phi) is 6.46. The highest BCUT2D eigenvalue weighted by atomic mass is 16.6. The Labute approximate surface area is 187 Å². The van der Waals surface area contributed by atoms with Gasteiger partial charge in [0, 0.05) is 38.1 Å². The third kappa shape index (κ3) is 4.70. The lowest BCUT2D eigenvalue weighted by atomic mass is 10.1. The zero-order valence-corrected chi connectivity index (χ0v) is 19.1. The standard InChI is InChI=1S/C23H29N5O4/c1-23(2,3)32-21(29)17-7-6-16(27-10-8-26(4)9-11-27)12-18(17)28-14-15(13-24)19(25)20(28)22(30)31-5/h6-7,12,14H,8-11,25H2,1-5H3. The Morgan fingerprint density at radius 3 is 2.34 bits per heavy atom. The van der Waals surface area contributed by atoms with Crippen molar-refractivity contribution in [3.63, 3.8) is 0 Å². The molecule has 1 aliphatic rings. The summed E-state index contributed by atoms with van der Waals surface area (Å²) in [5.41, 5.74) is 7.01. The van der Waals surface area contributed by atoms with Gasteiger partial charge in [-0.2, -0.15) is 5.26 Å². The zero-order valence-electron chi connectivity index (χ0n) is 19.1. The van der Waals surface area contributed by atoms with Crippen LogP contribution in [0.1, 0.15) is 47.2 Å². The molecule has 9 heteroatoms. The lowest BCUT2D eigenvalue weighted by Gasteiger charge is -2.34. The number of piperazine rings is 1. The number of nitrogens with two attached hydrogens (primary N) is 1. The molecule has 2 aromatic rings. The maximum absolute atomic E-state index is 13.0. The molecule has 1 aromatic carbocycles. The molecular weight excluding hydrogens is 410 g/mol. The summed E-state index contributed by atoms with van der Waals surface area (Å²) >= 11 is 0. The van der Waals surface area contributed by atoms with E-state index in [0.29, 0.717) is 5.69 Å². The number of rotatable bonds is 4. The second-order valence-corrected chi connectivity index (χ2v) is 8.77. The van der Waals surface area contributed by atoms with Gasteiger partial charge >= 0.3 is 11.9 Å². The molecule has 0 aliphatic carbocycles. The van der Waals surface area contributed by atoms with E-state index in [1.807, 2.05) is 18.2 Å². The lowest BCUT2D eigenvalue weighted by molar-refractivity contribution is 0.00692. The Morgan fingerprint density at radius 1 is 1.12 bits per heavy atom. The first kappa shape index (κ1) is 23.2. The van der Waals surface area contributed by atoms with Crippen molar-refractivity contribution >= 4 is 23.3 Å². The van der Waals surface area contributed by atoms with Gasteiger partial charge in [-0.1, -0.05) is 0 Å². The van der Waals surface area contributed by atoms with Crippen LogP contribution < -0.4 is 10.6 Å². The van der Waals surface area contributed by atoms with Crippen molar-refractivity contribution in [3.8, 4) is 11.8 Å². The number of carbonyl (C=O) groups excluding carboxylic acids is 2. The molecule has 0 amide bonds. The van der Waals surface area contributed by atoms with Crippen molar-refractivity contribution < 1.29 is 19.1 Å². The van der Waals surface area contributed by atoms with Gasteiger partial charge in [0.2, 0.25) is 0 Å². The van der Waals surface area contributed by atoms with Gasteiger partial charge in [-0.15, -0.1) is 0 Å². The maximum Gasteiger partial charge on any atom is 0.357 e. The largest absolute Gasteiger partial charge is 0.464 e. The number of carbonyl (C=O) groups is 2. The number of benzene rings is 1. The second-order valence-electron chi connectivity index (χ2n) is 8.77. The lowest BCUT2D eigenvalue weighted by Crippen LogP contribution is -2.44. The molecule has 2 N–H and O–H groups in total. The van der Waals surface area contributed by atoms with Gasteiger partial charge in [-0.25, -0.2) is 9.59 Å². The van der Waals surface area contributed by atoms with Crippen LogP contribution in [0.25, 0.3) is 5.69 Å². The van der Waals surface area contributed by atoms with E-state index in [-0.39, 0.29) is 22.5 Å². The molecule has 0 bridgehead atoms. The minimum absolute atomic E-state index is 0.000473. The van der Waals surface area contributed by atoms with Gasteiger partial charge in [0.15, 0.2) is 5.69 Å². The first-order chi connectivity index (χ1) is 15.1. The number of methoxy groups -OCH3 is 1. The molecule has 2 heterocycles. The molecule has 0 atom stereocenters. The van der Waals surface area contributed by atoms with Gasteiger partial charge in [0.1, 0.15) is 11.7 Å². The zero-order chi connectivity index (χ0) is 23.6. The Morgan fingerprint density at radius 2 is 1.78 bits per heavy atom. The molecule has 0 saturated carbocycles. The smallest absolute Gasteiger partial charge is 0.357 e. The Bertz CT molecular complexity index is 1070. The molecule has 1 saturated heterocycles. The highest BCUT2D eigenvalue weighted by Crippen LogP contribution is 2.31. The van der Waals surface area contributed by atoms with E-state index in [0.717, 1.165) is 31.9 Å². The fraction of sp³-hybridized carbons (Fsp3) is 0.435. The van der Waals surface area contributed by atoms with E-state index in [4.69, 9.17) is 15.2 Å². The van der Waals surface area contributed by atoms with Crippen LogP contribution in [-0.4, -0.2) is 67.3 Å². The van der Waals surface area contributed by atoms with Crippen LogP contribution in [0.15, 0.2) is 24.4 Å². The highest BCUT2D eigenvalue weighted by Gasteiger charge is 2.27. The van der Waals surface area contributed by atoms with Gasteiger partial charge in [-0.05, 0) is 46.0 Å². The molecule has 32 heavy (non-hydrogen) atoms. The number of hydrogen-bond donors (Lipinski definition) is 1. The molecule has 1 aromatic heterocycles. The van der Waals surface area contributed by atoms with Crippen molar-refractivity contribution in [2.24, 2.45) is 0 Å². The highest BCUT2D eigenvalue weighted by molar-refractivity contribution is 5.99. The number of anilines is 2. The van der Waals surface area contributed by atoms with E-state index in [9.17, 15) is 14.9 Å². The average molecular weight is 440 g/mol. The summed E-state index contributed by atoms with van der Waals surface area (Å²) in [6.07, 6.45) is 1.44. The second kappa shape index (κ2) is 8.93. The molecule has 1 fully saturated rings. The topological polar surface area (TPSA) is 114 Å². The Hall–Kier alpha value is -3.51. The fourth-order valence-corrected chi connectivity index (χ4v) is 3.59. The quantitative estimate of drug-likeness (QED) is 0.723. The molecule has 0 unspecified atom stereocenters. The van der Waals surface area contributed by atoms with E-state index < -0.39 is 17.5 Å². The van der Waals surface area contributed by atoms with Crippen LogP contribution in [0, 0.1) is 11.3 Å². The molecule has 0 radical (unpaired) electrons. The summed E-state index contributed by atoms with van der Waals surface area (Å²) in [5, 5.41) is 9.47. The third-order valence-electron chi connectivity index (χ3n) is 5.27. The predicted molar refractivity (Wildman–Crippen MR) is 121 cm³/mol. The molecule has 1 aliphatic heterocycles. The number of nitrogen functional groups attached to an aromatic ring is 1. The summed E-state index contributed by atoms with van der Waals surface area (Å²) in [7, 11) is 3.31. The predicted octanol–water partition coefficient (Wildman–Crippen LogP) is 2.42. The van der Waals surface area contributed by atoms with Crippen molar-refractivity contribution in [1.29, 1.82) is 5.26 Å². The normalized spacial score (nSPS) is 14.7. The first-order valence-electron chi connectivity index (χ1n) is 10.4. The Balaban J connectivity index is 2.19. The van der Waals surface area contributed by atoms with Crippen LogP contribution in [0.5, 0.6) is 0 Å². The van der Waals surface area contributed by atoms with Gasteiger partial charge in [0.05, 0.1) is 29.6 Å². The summed E-state index contributed by atoms with van der Waals surface area (Å²) in [6, 6.07) is 7.35. The first-order valence-corrected chi connectivity index (χ1v) is 10.4. The summed E-state index contributed by atoms with van der Waals surface area (Å²) in [6.45, 7) is 8.81. The molecule has 3 rings (SSSR count). The SMILES string of the molecule is COC(=O)c1c(N)c(C#N)cn1-c1cc(N2CCN(C)CC2)ccc1C(=O)OC(C)(C)C. The maximum atomic E-state index is 13.0. The number of aromatic nitrogens is 1. The number of hydrogen-bond acceptors (Lipinski definition) is 8. The molecular formula is C23H29N5O4. The van der Waals surface area contributed by atoms with E-state index >= 15 is 0 Å². The van der Waals surface area contributed by atoms with Crippen molar-refractivity contribution in [3.05, 3.63) is 41.2 Å². The van der Waals surface area contributed by atoms with Gasteiger partial charge in [0.25, 0.3) is 0 Å². The van der Waals surface area contributed by atoms with E-state index in [1.54, 1.807) is 26.8 Å². The molecule has 170 valence electrons. The number of nitrogens with zero attached hydrogens (tertiary/aromatic N) is 4. The number of esters is 2. The third-order valence-corrected chi connectivity index (χ3v) is 5.27. The number of ether oxygens (including phenoxy) is 2. The minimum Gasteiger partial charge on any atom is -0.464 e. The fourth-order valence-electron chi connectivity index (χ4n) is 3.59. The van der Waals surface area contributed by atoms with Crippen LogP contribution in [0.2, 0.25) is 0 Å². The van der Waals surface area contributed by atoms with Crippen LogP contribution in [-0.2, 0) is 9.47 Å². The number of nitriles is 1. The average Bonchev–Trinajstić information content (AvgIpc) is 3.08. The minimum atomic E-state index is -0.705. The molecule has 0 spiro atoms. The van der Waals surface area contributed by atoms with Crippen molar-refractivity contribution in [2.45, 2.75) is 26.4 Å². The van der Waals surface area contributed by atoms with Crippen LogP contribution in [0.4, 0.5) is 11.4 Å². The van der Waals surface area contributed by atoms with Crippen molar-refractivity contribution in [2.75, 3.05) is 51.0 Å². The monoisotopic (exact) mass is 439 g/mol. The van der Waals surface area contributed by atoms with Gasteiger partial charge in [-0.3, -0.25) is 0 Å². The van der Waals surface area contributed by atoms with Crippen LogP contribution >= 0.6 is 0 Å². The summed E-state index contributed by atoms with van der Waals surface area (Å²) in [4.78, 5) is 30.0. The molecule has 9 nitrogen and oxygen atoms in total. The van der Waals surface area contributed by atoms with E-state index in [1.165, 1.54) is 17.9 Å².